The van der Waals surface area contributed by atoms with Crippen LogP contribution in [0.4, 0.5) is 0 Å². The fourth-order valence-corrected chi connectivity index (χ4v) is 2.91. The molecular formula is C16H22N2O2. The average Bonchev–Trinajstić information content (AvgIpc) is 2.95. The van der Waals surface area contributed by atoms with Gasteiger partial charge >= 0.3 is 0 Å². The number of unbranched alkanes of at least 4 members (excludes halogenated alkanes) is 1. The fourth-order valence-electron chi connectivity index (χ4n) is 2.91. The van der Waals surface area contributed by atoms with Crippen molar-refractivity contribution in [3.05, 3.63) is 23.8 Å². The van der Waals surface area contributed by atoms with Gasteiger partial charge in [0.25, 0.3) is 0 Å². The molecule has 0 bridgehead atoms. The number of nitriles is 1. The van der Waals surface area contributed by atoms with E-state index in [1.54, 1.807) is 14.2 Å². The number of likely N-dealkylation sites (tertiary alicyclic amines) is 1. The number of hydrogen-bond donors (Lipinski definition) is 0. The predicted molar refractivity (Wildman–Crippen MR) is 77.9 cm³/mol. The Morgan fingerprint density at radius 3 is 2.90 bits per heavy atom. The Kier molecular flexibility index (Phi) is 5.25. The lowest BCUT2D eigenvalue weighted by molar-refractivity contribution is 0.249. The summed E-state index contributed by atoms with van der Waals surface area (Å²) in [4.78, 5) is 2.45. The second-order valence-electron chi connectivity index (χ2n) is 5.06. The molecule has 0 saturated carbocycles. The summed E-state index contributed by atoms with van der Waals surface area (Å²) in [5, 5.41) is 8.67. The molecule has 1 aromatic carbocycles. The van der Waals surface area contributed by atoms with Crippen molar-refractivity contribution in [3.63, 3.8) is 0 Å². The number of benzene rings is 1. The molecule has 0 spiro atoms. The first-order chi connectivity index (χ1) is 9.80. The zero-order chi connectivity index (χ0) is 14.4. The molecule has 0 N–H and O–H groups in total. The molecule has 4 heteroatoms. The monoisotopic (exact) mass is 274 g/mol. The highest BCUT2D eigenvalue weighted by atomic mass is 16.5. The topological polar surface area (TPSA) is 45.5 Å². The van der Waals surface area contributed by atoms with Crippen LogP contribution in [0.3, 0.4) is 0 Å². The van der Waals surface area contributed by atoms with E-state index in [2.05, 4.69) is 17.0 Å². The van der Waals surface area contributed by atoms with Crippen molar-refractivity contribution in [3.8, 4) is 17.6 Å². The maximum absolute atomic E-state index is 8.67. The Morgan fingerprint density at radius 2 is 2.20 bits per heavy atom. The van der Waals surface area contributed by atoms with Gasteiger partial charge in [0.15, 0.2) is 0 Å². The van der Waals surface area contributed by atoms with Crippen molar-refractivity contribution in [2.45, 2.75) is 31.7 Å². The van der Waals surface area contributed by atoms with Gasteiger partial charge in [-0.3, -0.25) is 4.90 Å². The highest BCUT2D eigenvalue weighted by molar-refractivity contribution is 5.42. The molecule has 1 fully saturated rings. The zero-order valence-corrected chi connectivity index (χ0v) is 12.3. The molecule has 4 nitrogen and oxygen atoms in total. The normalized spacial score (nSPS) is 18.8. The van der Waals surface area contributed by atoms with Crippen LogP contribution in [-0.2, 0) is 0 Å². The lowest BCUT2D eigenvalue weighted by Gasteiger charge is -2.26. The summed E-state index contributed by atoms with van der Waals surface area (Å²) in [6.45, 7) is 2.06. The van der Waals surface area contributed by atoms with Crippen LogP contribution in [0.2, 0.25) is 0 Å². The first kappa shape index (κ1) is 14.7. The van der Waals surface area contributed by atoms with Crippen LogP contribution in [0.15, 0.2) is 18.2 Å². The van der Waals surface area contributed by atoms with Gasteiger partial charge < -0.3 is 9.47 Å². The van der Waals surface area contributed by atoms with E-state index in [9.17, 15) is 0 Å². The summed E-state index contributed by atoms with van der Waals surface area (Å²) in [5.74, 6) is 1.78. The number of ether oxygens (including phenoxy) is 2. The molecule has 1 unspecified atom stereocenters. The van der Waals surface area contributed by atoms with E-state index < -0.39 is 0 Å². The highest BCUT2D eigenvalue weighted by Crippen LogP contribution is 2.38. The average molecular weight is 274 g/mol. The van der Waals surface area contributed by atoms with E-state index in [0.717, 1.165) is 37.4 Å². The summed E-state index contributed by atoms with van der Waals surface area (Å²) < 4.78 is 10.8. The van der Waals surface area contributed by atoms with E-state index in [1.165, 1.54) is 12.0 Å². The maximum atomic E-state index is 8.67. The minimum Gasteiger partial charge on any atom is -0.497 e. The summed E-state index contributed by atoms with van der Waals surface area (Å²) >= 11 is 0. The molecule has 1 aliphatic heterocycles. The molecule has 0 amide bonds. The van der Waals surface area contributed by atoms with Crippen LogP contribution < -0.4 is 9.47 Å². The van der Waals surface area contributed by atoms with Crippen LogP contribution in [-0.4, -0.2) is 32.2 Å². The van der Waals surface area contributed by atoms with Crippen molar-refractivity contribution in [2.75, 3.05) is 27.3 Å². The van der Waals surface area contributed by atoms with Crippen LogP contribution in [0.5, 0.6) is 11.5 Å². The van der Waals surface area contributed by atoms with Gasteiger partial charge in [-0.25, -0.2) is 0 Å². The van der Waals surface area contributed by atoms with Crippen molar-refractivity contribution >= 4 is 0 Å². The SMILES string of the molecule is COc1ccc(OC)c(C2CCCN2CCCC#N)c1. The Hall–Kier alpha value is -1.73. The van der Waals surface area contributed by atoms with Crippen LogP contribution in [0.25, 0.3) is 0 Å². The third kappa shape index (κ3) is 3.23. The Labute approximate surface area is 120 Å². The van der Waals surface area contributed by atoms with Gasteiger partial charge in [0.1, 0.15) is 11.5 Å². The van der Waals surface area contributed by atoms with Gasteiger partial charge in [-0.1, -0.05) is 0 Å². The van der Waals surface area contributed by atoms with E-state index in [0.29, 0.717) is 12.5 Å². The van der Waals surface area contributed by atoms with Crippen molar-refractivity contribution in [1.29, 1.82) is 5.26 Å². The molecule has 0 aromatic heterocycles. The lowest BCUT2D eigenvalue weighted by atomic mass is 10.0. The van der Waals surface area contributed by atoms with Gasteiger partial charge in [-0.15, -0.1) is 0 Å². The molecule has 1 aromatic rings. The van der Waals surface area contributed by atoms with Crippen LogP contribution in [0.1, 0.15) is 37.3 Å². The number of methoxy groups -OCH3 is 2. The molecule has 0 radical (unpaired) electrons. The number of nitrogens with zero attached hydrogens (tertiary/aromatic N) is 2. The summed E-state index contributed by atoms with van der Waals surface area (Å²) in [5.41, 5.74) is 1.20. The molecule has 1 heterocycles. The third-order valence-electron chi connectivity index (χ3n) is 3.89. The summed E-state index contributed by atoms with van der Waals surface area (Å²) in [6.07, 6.45) is 3.88. The zero-order valence-electron chi connectivity index (χ0n) is 12.3. The molecule has 1 aliphatic rings. The predicted octanol–water partition coefficient (Wildman–Crippen LogP) is 3.14. The van der Waals surface area contributed by atoms with Gasteiger partial charge in [0.05, 0.1) is 20.3 Å². The van der Waals surface area contributed by atoms with E-state index in [-0.39, 0.29) is 0 Å². The van der Waals surface area contributed by atoms with E-state index in [1.807, 2.05) is 12.1 Å². The number of hydrogen-bond acceptors (Lipinski definition) is 4. The quantitative estimate of drug-likeness (QED) is 0.748. The molecule has 1 saturated heterocycles. The minimum absolute atomic E-state index is 0.374. The molecular weight excluding hydrogens is 252 g/mol. The Balaban J connectivity index is 2.18. The van der Waals surface area contributed by atoms with Crippen molar-refractivity contribution in [1.82, 2.24) is 4.90 Å². The molecule has 1 atom stereocenters. The molecule has 108 valence electrons. The van der Waals surface area contributed by atoms with Gasteiger partial charge in [0.2, 0.25) is 0 Å². The van der Waals surface area contributed by atoms with Gasteiger partial charge in [-0.05, 0) is 50.6 Å². The summed E-state index contributed by atoms with van der Waals surface area (Å²) in [6, 6.07) is 8.57. The largest absolute Gasteiger partial charge is 0.497 e. The smallest absolute Gasteiger partial charge is 0.123 e. The van der Waals surface area contributed by atoms with Crippen LogP contribution >= 0.6 is 0 Å². The Bertz CT molecular complexity index is 482. The maximum Gasteiger partial charge on any atom is 0.123 e. The first-order valence-corrected chi connectivity index (χ1v) is 7.13. The first-order valence-electron chi connectivity index (χ1n) is 7.13. The summed E-state index contributed by atoms with van der Waals surface area (Å²) in [7, 11) is 3.39. The second-order valence-corrected chi connectivity index (χ2v) is 5.06. The van der Waals surface area contributed by atoms with E-state index in [4.69, 9.17) is 14.7 Å². The Morgan fingerprint density at radius 1 is 1.35 bits per heavy atom. The van der Waals surface area contributed by atoms with Gasteiger partial charge in [-0.2, -0.15) is 5.26 Å². The molecule has 20 heavy (non-hydrogen) atoms. The lowest BCUT2D eigenvalue weighted by Crippen LogP contribution is -2.24. The molecule has 0 aliphatic carbocycles. The third-order valence-corrected chi connectivity index (χ3v) is 3.89. The number of rotatable bonds is 6. The van der Waals surface area contributed by atoms with Gasteiger partial charge in [0, 0.05) is 18.0 Å². The van der Waals surface area contributed by atoms with Crippen LogP contribution in [0, 0.1) is 11.3 Å². The second kappa shape index (κ2) is 7.16. The minimum atomic E-state index is 0.374. The van der Waals surface area contributed by atoms with Crippen molar-refractivity contribution in [2.24, 2.45) is 0 Å². The highest BCUT2D eigenvalue weighted by Gasteiger charge is 2.28. The van der Waals surface area contributed by atoms with E-state index >= 15 is 0 Å². The fraction of sp³-hybridized carbons (Fsp3) is 0.562. The molecule has 2 rings (SSSR count). The standard InChI is InChI=1S/C16H22N2O2/c1-19-13-7-8-16(20-2)14(12-13)15-6-5-11-18(15)10-4-3-9-17/h7-8,12,15H,3-6,10-11H2,1-2H3. The van der Waals surface area contributed by atoms with Crippen molar-refractivity contribution < 1.29 is 9.47 Å².